The van der Waals surface area contributed by atoms with E-state index in [2.05, 4.69) is 0 Å². The van der Waals surface area contributed by atoms with Crippen molar-refractivity contribution in [3.8, 4) is 11.5 Å². The molecule has 2 radical (unpaired) electrons. The van der Waals surface area contributed by atoms with Gasteiger partial charge in [0.2, 0.25) is 6.79 Å². The van der Waals surface area contributed by atoms with Crippen LogP contribution in [0.15, 0.2) is 6.07 Å². The lowest BCUT2D eigenvalue weighted by atomic mass is 9.94. The Morgan fingerprint density at radius 2 is 2.25 bits per heavy atom. The van der Waals surface area contributed by atoms with Crippen LogP contribution in [-0.4, -0.2) is 14.6 Å². The topological polar surface area (TPSA) is 44.5 Å². The SMILES string of the molecule is [B]c1c(Cl)c(N)cc2c1OCO2. The summed E-state index contributed by atoms with van der Waals surface area (Å²) in [4.78, 5) is 0. The van der Waals surface area contributed by atoms with E-state index >= 15 is 0 Å². The second-order valence-corrected chi connectivity index (χ2v) is 2.81. The van der Waals surface area contributed by atoms with Gasteiger partial charge in [0, 0.05) is 6.07 Å². The minimum absolute atomic E-state index is 0.166. The summed E-state index contributed by atoms with van der Waals surface area (Å²) in [6.07, 6.45) is 0. The van der Waals surface area contributed by atoms with E-state index < -0.39 is 0 Å². The van der Waals surface area contributed by atoms with Gasteiger partial charge in [-0.3, -0.25) is 0 Å². The molecule has 0 fully saturated rings. The number of anilines is 1. The zero-order valence-electron chi connectivity index (χ0n) is 6.13. The molecule has 2 rings (SSSR count). The summed E-state index contributed by atoms with van der Waals surface area (Å²) in [6.45, 7) is 0.166. The molecule has 60 valence electrons. The maximum Gasteiger partial charge on any atom is 0.231 e. The summed E-state index contributed by atoms with van der Waals surface area (Å²) in [5, 5.41) is 0.319. The molecule has 0 aromatic heterocycles. The maximum absolute atomic E-state index is 5.78. The molecule has 0 unspecified atom stereocenters. The Kier molecular flexibility index (Phi) is 1.58. The minimum atomic E-state index is 0.166. The molecule has 1 aliphatic heterocycles. The van der Waals surface area contributed by atoms with Crippen LogP contribution in [0.2, 0.25) is 5.02 Å². The predicted molar refractivity (Wildman–Crippen MR) is 47.4 cm³/mol. The van der Waals surface area contributed by atoms with Crippen molar-refractivity contribution in [3.05, 3.63) is 11.1 Å². The van der Waals surface area contributed by atoms with Gasteiger partial charge in [-0.05, 0) is 5.46 Å². The fourth-order valence-corrected chi connectivity index (χ4v) is 1.21. The molecule has 12 heavy (non-hydrogen) atoms. The van der Waals surface area contributed by atoms with Gasteiger partial charge < -0.3 is 15.2 Å². The second kappa shape index (κ2) is 2.49. The van der Waals surface area contributed by atoms with Crippen LogP contribution < -0.4 is 20.7 Å². The van der Waals surface area contributed by atoms with Gasteiger partial charge in [0.25, 0.3) is 0 Å². The molecule has 0 aliphatic carbocycles. The van der Waals surface area contributed by atoms with Gasteiger partial charge in [0.1, 0.15) is 7.85 Å². The van der Waals surface area contributed by atoms with Crippen molar-refractivity contribution in [1.82, 2.24) is 0 Å². The summed E-state index contributed by atoms with van der Waals surface area (Å²) < 4.78 is 10.2. The van der Waals surface area contributed by atoms with Crippen molar-refractivity contribution in [1.29, 1.82) is 0 Å². The Balaban J connectivity index is 2.67. The average Bonchev–Trinajstić information content (AvgIpc) is 2.48. The van der Waals surface area contributed by atoms with Crippen molar-refractivity contribution in [3.63, 3.8) is 0 Å². The highest BCUT2D eigenvalue weighted by Crippen LogP contribution is 2.35. The van der Waals surface area contributed by atoms with Crippen LogP contribution in [0.1, 0.15) is 0 Å². The smallest absolute Gasteiger partial charge is 0.231 e. The summed E-state index contributed by atoms with van der Waals surface area (Å²) in [5.41, 5.74) is 6.28. The molecule has 0 atom stereocenters. The first kappa shape index (κ1) is 7.62. The van der Waals surface area contributed by atoms with E-state index in [1.807, 2.05) is 0 Å². The molecule has 2 N–H and O–H groups in total. The summed E-state index contributed by atoms with van der Waals surface area (Å²) in [7, 11) is 5.62. The summed E-state index contributed by atoms with van der Waals surface area (Å²) in [5.74, 6) is 1.03. The molecule has 0 amide bonds. The number of hydrogen-bond donors (Lipinski definition) is 1. The van der Waals surface area contributed by atoms with Gasteiger partial charge in [-0.2, -0.15) is 0 Å². The number of nitrogen functional groups attached to an aromatic ring is 1. The highest BCUT2D eigenvalue weighted by molar-refractivity contribution is 6.48. The minimum Gasteiger partial charge on any atom is -0.454 e. The molecule has 0 bridgehead atoms. The fraction of sp³-hybridized carbons (Fsp3) is 0.143. The zero-order valence-corrected chi connectivity index (χ0v) is 6.89. The molecule has 0 saturated heterocycles. The van der Waals surface area contributed by atoms with Crippen LogP contribution in [0.5, 0.6) is 11.5 Å². The van der Waals surface area contributed by atoms with Crippen LogP contribution in [0, 0.1) is 0 Å². The molecule has 1 aromatic carbocycles. The Morgan fingerprint density at radius 1 is 1.50 bits per heavy atom. The van der Waals surface area contributed by atoms with Crippen LogP contribution in [0.25, 0.3) is 0 Å². The Bertz CT molecular complexity index is 343. The van der Waals surface area contributed by atoms with E-state index in [4.69, 9.17) is 34.7 Å². The van der Waals surface area contributed by atoms with Crippen LogP contribution in [-0.2, 0) is 0 Å². The number of rotatable bonds is 0. The van der Waals surface area contributed by atoms with Crippen molar-refractivity contribution < 1.29 is 9.47 Å². The number of benzene rings is 1. The molecule has 5 heteroatoms. The molecular weight excluding hydrogens is 176 g/mol. The highest BCUT2D eigenvalue weighted by Gasteiger charge is 2.19. The Hall–Kier alpha value is -1.03. The standard InChI is InChI=1S/C7H5BClNO2/c8-5-6(9)3(10)1-4-7(5)12-2-11-4/h1H,2,10H2. The second-order valence-electron chi connectivity index (χ2n) is 2.43. The maximum atomic E-state index is 5.78. The largest absolute Gasteiger partial charge is 0.454 e. The third-order valence-corrected chi connectivity index (χ3v) is 2.08. The van der Waals surface area contributed by atoms with E-state index in [1.165, 1.54) is 0 Å². The van der Waals surface area contributed by atoms with E-state index in [0.717, 1.165) is 0 Å². The Morgan fingerprint density at radius 3 is 3.00 bits per heavy atom. The third kappa shape index (κ3) is 0.915. The van der Waals surface area contributed by atoms with E-state index in [9.17, 15) is 0 Å². The monoisotopic (exact) mass is 181 g/mol. The zero-order chi connectivity index (χ0) is 8.72. The molecule has 0 saturated carbocycles. The fourth-order valence-electron chi connectivity index (χ4n) is 1.07. The van der Waals surface area contributed by atoms with Crippen LogP contribution in [0.4, 0.5) is 5.69 Å². The first-order valence-electron chi connectivity index (χ1n) is 3.33. The molecular formula is C7H5BClNO2. The van der Waals surface area contributed by atoms with Gasteiger partial charge in [-0.15, -0.1) is 0 Å². The lowest BCUT2D eigenvalue weighted by Gasteiger charge is -2.05. The summed E-state index contributed by atoms with van der Waals surface area (Å²) in [6, 6.07) is 1.60. The van der Waals surface area contributed by atoms with Crippen molar-refractivity contribution >= 4 is 30.6 Å². The summed E-state index contributed by atoms with van der Waals surface area (Å²) >= 11 is 5.78. The molecule has 1 aromatic rings. The van der Waals surface area contributed by atoms with Gasteiger partial charge in [-0.25, -0.2) is 0 Å². The number of ether oxygens (including phenoxy) is 2. The highest BCUT2D eigenvalue weighted by atomic mass is 35.5. The lowest BCUT2D eigenvalue weighted by Crippen LogP contribution is -2.09. The van der Waals surface area contributed by atoms with Crippen LogP contribution in [0.3, 0.4) is 0 Å². The number of halogens is 1. The van der Waals surface area contributed by atoms with E-state index in [-0.39, 0.29) is 6.79 Å². The van der Waals surface area contributed by atoms with E-state index in [1.54, 1.807) is 6.07 Å². The number of hydrogen-bond acceptors (Lipinski definition) is 3. The number of fused-ring (bicyclic) bond motifs is 1. The van der Waals surface area contributed by atoms with Crippen molar-refractivity contribution in [2.24, 2.45) is 0 Å². The first-order valence-corrected chi connectivity index (χ1v) is 3.71. The van der Waals surface area contributed by atoms with Gasteiger partial charge in [-0.1, -0.05) is 11.6 Å². The number of nitrogens with two attached hydrogens (primary N) is 1. The molecule has 1 aliphatic rings. The quantitative estimate of drug-likeness (QED) is 0.467. The normalized spacial score (nSPS) is 13.4. The molecule has 3 nitrogen and oxygen atoms in total. The van der Waals surface area contributed by atoms with Gasteiger partial charge >= 0.3 is 0 Å². The van der Waals surface area contributed by atoms with Gasteiger partial charge in [0.05, 0.1) is 10.7 Å². The first-order chi connectivity index (χ1) is 5.70. The van der Waals surface area contributed by atoms with Crippen LogP contribution >= 0.6 is 11.6 Å². The third-order valence-electron chi connectivity index (χ3n) is 1.66. The molecule has 0 spiro atoms. The molecule has 1 heterocycles. The lowest BCUT2D eigenvalue weighted by molar-refractivity contribution is 0.174. The van der Waals surface area contributed by atoms with Crippen molar-refractivity contribution in [2.45, 2.75) is 0 Å². The van der Waals surface area contributed by atoms with Crippen molar-refractivity contribution in [2.75, 3.05) is 12.5 Å². The average molecular weight is 181 g/mol. The van der Waals surface area contributed by atoms with Gasteiger partial charge in [0.15, 0.2) is 11.5 Å². The predicted octanol–water partition coefficient (Wildman–Crippen LogP) is 0.445. The Labute approximate surface area is 75.8 Å². The van der Waals surface area contributed by atoms with E-state index in [0.29, 0.717) is 27.7 Å².